The summed E-state index contributed by atoms with van der Waals surface area (Å²) in [5, 5.41) is 0. The third-order valence-electron chi connectivity index (χ3n) is 2.92. The van der Waals surface area contributed by atoms with E-state index >= 15 is 0 Å². The van der Waals surface area contributed by atoms with Crippen LogP contribution in [0.1, 0.15) is 15.9 Å². The van der Waals surface area contributed by atoms with Gasteiger partial charge in [-0.1, -0.05) is 28.1 Å². The van der Waals surface area contributed by atoms with Gasteiger partial charge in [0.25, 0.3) is 5.91 Å². The minimum absolute atomic E-state index is 0.0490. The first-order chi connectivity index (χ1) is 9.47. The van der Waals surface area contributed by atoms with E-state index < -0.39 is 0 Å². The highest BCUT2D eigenvalue weighted by Crippen LogP contribution is 2.21. The summed E-state index contributed by atoms with van der Waals surface area (Å²) in [6, 6.07) is 13.1. The van der Waals surface area contributed by atoms with Crippen LogP contribution >= 0.6 is 31.9 Å². The maximum atomic E-state index is 12.3. The van der Waals surface area contributed by atoms with Gasteiger partial charge in [-0.15, -0.1) is 0 Å². The number of rotatable bonds is 3. The predicted molar refractivity (Wildman–Crippen MR) is 88.5 cm³/mol. The van der Waals surface area contributed by atoms with Crippen molar-refractivity contribution in [2.45, 2.75) is 6.54 Å². The van der Waals surface area contributed by atoms with Crippen molar-refractivity contribution in [2.75, 3.05) is 12.8 Å². The molecule has 0 radical (unpaired) electrons. The quantitative estimate of drug-likeness (QED) is 0.793. The van der Waals surface area contributed by atoms with Crippen molar-refractivity contribution >= 4 is 43.5 Å². The van der Waals surface area contributed by atoms with Gasteiger partial charge in [-0.25, -0.2) is 0 Å². The Bertz CT molecular complexity index is 626. The lowest BCUT2D eigenvalue weighted by Crippen LogP contribution is -2.26. The van der Waals surface area contributed by atoms with Crippen molar-refractivity contribution < 1.29 is 4.79 Å². The zero-order chi connectivity index (χ0) is 14.7. The van der Waals surface area contributed by atoms with Gasteiger partial charge in [-0.05, 0) is 51.8 Å². The molecule has 0 unspecified atom stereocenters. The van der Waals surface area contributed by atoms with Crippen LogP contribution in [-0.2, 0) is 6.54 Å². The molecule has 5 heteroatoms. The van der Waals surface area contributed by atoms with Crippen molar-refractivity contribution in [1.82, 2.24) is 4.90 Å². The van der Waals surface area contributed by atoms with E-state index in [1.54, 1.807) is 30.1 Å². The summed E-state index contributed by atoms with van der Waals surface area (Å²) < 4.78 is 1.82. The van der Waals surface area contributed by atoms with E-state index in [0.717, 1.165) is 14.5 Å². The van der Waals surface area contributed by atoms with Gasteiger partial charge < -0.3 is 10.6 Å². The molecule has 2 aromatic carbocycles. The Hall–Kier alpha value is -1.33. The van der Waals surface area contributed by atoms with Crippen LogP contribution < -0.4 is 5.73 Å². The summed E-state index contributed by atoms with van der Waals surface area (Å²) in [5.74, 6) is -0.0490. The molecule has 0 bridgehead atoms. The summed E-state index contributed by atoms with van der Waals surface area (Å²) in [5.41, 5.74) is 8.03. The van der Waals surface area contributed by atoms with E-state index in [1.165, 1.54) is 0 Å². The summed E-state index contributed by atoms with van der Waals surface area (Å²) in [4.78, 5) is 14.0. The van der Waals surface area contributed by atoms with Crippen molar-refractivity contribution in [3.8, 4) is 0 Å². The molecular weight excluding hydrogens is 384 g/mol. The monoisotopic (exact) mass is 396 g/mol. The fourth-order valence-corrected chi connectivity index (χ4v) is 2.34. The number of anilines is 1. The second-order valence-corrected chi connectivity index (χ2v) is 6.29. The Balaban J connectivity index is 2.11. The van der Waals surface area contributed by atoms with Crippen LogP contribution in [0.15, 0.2) is 51.4 Å². The highest BCUT2D eigenvalue weighted by atomic mass is 79.9. The van der Waals surface area contributed by atoms with Crippen molar-refractivity contribution in [3.63, 3.8) is 0 Å². The standard InChI is InChI=1S/C15H14Br2N2O/c1-19(9-10-2-5-12(16)6-3-10)15(20)11-4-7-13(17)14(18)8-11/h2-8H,9,18H2,1H3. The fraction of sp³-hybridized carbons (Fsp3) is 0.133. The van der Waals surface area contributed by atoms with Crippen LogP contribution in [0.3, 0.4) is 0 Å². The van der Waals surface area contributed by atoms with Crippen molar-refractivity contribution in [2.24, 2.45) is 0 Å². The molecule has 0 saturated heterocycles. The molecule has 0 atom stereocenters. The average Bonchev–Trinajstić information content (AvgIpc) is 2.43. The molecule has 0 aliphatic rings. The summed E-state index contributed by atoms with van der Waals surface area (Å²) in [7, 11) is 1.78. The second kappa shape index (κ2) is 6.41. The van der Waals surface area contributed by atoms with Crippen molar-refractivity contribution in [1.29, 1.82) is 0 Å². The number of benzene rings is 2. The minimum Gasteiger partial charge on any atom is -0.398 e. The van der Waals surface area contributed by atoms with Crippen LogP contribution in [0, 0.1) is 0 Å². The predicted octanol–water partition coefficient (Wildman–Crippen LogP) is 4.07. The number of hydrogen-bond acceptors (Lipinski definition) is 2. The number of hydrogen-bond donors (Lipinski definition) is 1. The van der Waals surface area contributed by atoms with Crippen LogP contribution in [0.2, 0.25) is 0 Å². The molecular formula is C15H14Br2N2O. The first-order valence-electron chi connectivity index (χ1n) is 6.02. The normalized spacial score (nSPS) is 10.3. The molecule has 0 aromatic heterocycles. The number of nitrogens with zero attached hydrogens (tertiary/aromatic N) is 1. The molecule has 104 valence electrons. The van der Waals surface area contributed by atoms with Gasteiger partial charge in [0.1, 0.15) is 0 Å². The van der Waals surface area contributed by atoms with E-state index in [-0.39, 0.29) is 5.91 Å². The topological polar surface area (TPSA) is 46.3 Å². The van der Waals surface area contributed by atoms with E-state index in [2.05, 4.69) is 31.9 Å². The molecule has 1 amide bonds. The van der Waals surface area contributed by atoms with Crippen LogP contribution in [0.4, 0.5) is 5.69 Å². The first kappa shape index (κ1) is 15.1. The SMILES string of the molecule is CN(Cc1ccc(Br)cc1)C(=O)c1ccc(Br)c(N)c1. The molecule has 20 heavy (non-hydrogen) atoms. The lowest BCUT2D eigenvalue weighted by atomic mass is 10.1. The lowest BCUT2D eigenvalue weighted by molar-refractivity contribution is 0.0785. The Kier molecular flexibility index (Phi) is 4.83. The number of carbonyl (C=O) groups excluding carboxylic acids is 1. The second-order valence-electron chi connectivity index (χ2n) is 4.52. The molecule has 0 aliphatic carbocycles. The van der Waals surface area contributed by atoms with Crippen LogP contribution in [0.25, 0.3) is 0 Å². The van der Waals surface area contributed by atoms with E-state index in [4.69, 9.17) is 5.73 Å². The number of nitrogens with two attached hydrogens (primary N) is 1. The zero-order valence-corrected chi connectivity index (χ0v) is 14.1. The highest BCUT2D eigenvalue weighted by Gasteiger charge is 2.13. The van der Waals surface area contributed by atoms with Gasteiger partial charge in [-0.2, -0.15) is 0 Å². The Labute approximate surface area is 135 Å². The summed E-state index contributed by atoms with van der Waals surface area (Å²) >= 11 is 6.71. The molecule has 0 aliphatic heterocycles. The Morgan fingerprint density at radius 2 is 1.80 bits per heavy atom. The third-order valence-corrected chi connectivity index (χ3v) is 4.17. The molecule has 0 fully saturated rings. The van der Waals surface area contributed by atoms with Crippen molar-refractivity contribution in [3.05, 3.63) is 62.5 Å². The van der Waals surface area contributed by atoms with E-state index in [1.807, 2.05) is 24.3 Å². The Morgan fingerprint density at radius 1 is 1.15 bits per heavy atom. The van der Waals surface area contributed by atoms with Gasteiger partial charge >= 0.3 is 0 Å². The molecule has 2 N–H and O–H groups in total. The number of nitrogen functional groups attached to an aromatic ring is 1. The smallest absolute Gasteiger partial charge is 0.253 e. The summed E-state index contributed by atoms with van der Waals surface area (Å²) in [6.45, 7) is 0.558. The number of amides is 1. The average molecular weight is 398 g/mol. The third kappa shape index (κ3) is 3.61. The molecule has 0 spiro atoms. The van der Waals surface area contributed by atoms with Gasteiger partial charge in [0.2, 0.25) is 0 Å². The first-order valence-corrected chi connectivity index (χ1v) is 7.61. The Morgan fingerprint density at radius 3 is 2.40 bits per heavy atom. The summed E-state index contributed by atoms with van der Waals surface area (Å²) in [6.07, 6.45) is 0. The molecule has 2 rings (SSSR count). The van der Waals surface area contributed by atoms with E-state index in [9.17, 15) is 4.79 Å². The van der Waals surface area contributed by atoms with Gasteiger partial charge in [0, 0.05) is 33.8 Å². The maximum absolute atomic E-state index is 12.3. The van der Waals surface area contributed by atoms with Crippen LogP contribution in [-0.4, -0.2) is 17.9 Å². The lowest BCUT2D eigenvalue weighted by Gasteiger charge is -2.18. The van der Waals surface area contributed by atoms with Gasteiger partial charge in [-0.3, -0.25) is 4.79 Å². The zero-order valence-electron chi connectivity index (χ0n) is 10.9. The molecule has 0 saturated carbocycles. The minimum atomic E-state index is -0.0490. The van der Waals surface area contributed by atoms with Gasteiger partial charge in [0.15, 0.2) is 0 Å². The maximum Gasteiger partial charge on any atom is 0.253 e. The fourth-order valence-electron chi connectivity index (χ4n) is 1.83. The molecule has 3 nitrogen and oxygen atoms in total. The van der Waals surface area contributed by atoms with E-state index in [0.29, 0.717) is 17.8 Å². The molecule has 0 heterocycles. The number of halogens is 2. The highest BCUT2D eigenvalue weighted by molar-refractivity contribution is 9.10. The number of carbonyl (C=O) groups is 1. The van der Waals surface area contributed by atoms with Crippen LogP contribution in [0.5, 0.6) is 0 Å². The molecule has 2 aromatic rings. The largest absolute Gasteiger partial charge is 0.398 e. The van der Waals surface area contributed by atoms with Gasteiger partial charge in [0.05, 0.1) is 0 Å².